The molecule has 0 spiro atoms. The number of hydrogen-bond donors (Lipinski definition) is 3. The van der Waals surface area contributed by atoms with E-state index in [-0.39, 0.29) is 17.3 Å². The third-order valence-corrected chi connectivity index (χ3v) is 5.04. The molecule has 0 aliphatic heterocycles. The van der Waals surface area contributed by atoms with E-state index < -0.39 is 28.9 Å². The molecule has 2 aromatic carbocycles. The minimum atomic E-state index is -4.60. The second-order valence-corrected chi connectivity index (χ2v) is 7.56. The van der Waals surface area contributed by atoms with Gasteiger partial charge in [-0.1, -0.05) is 0 Å². The number of aliphatic hydroxyl groups is 1. The lowest BCUT2D eigenvalue weighted by molar-refractivity contribution is -0.137. The number of phenolic OH excluding ortho intramolecular Hbond substituents is 1. The van der Waals surface area contributed by atoms with Crippen LogP contribution in [0.1, 0.15) is 25.3 Å². The molecule has 1 heterocycles. The van der Waals surface area contributed by atoms with E-state index in [0.29, 0.717) is 35.5 Å². The molecule has 0 radical (unpaired) electrons. The zero-order chi connectivity index (χ0) is 21.0. The maximum Gasteiger partial charge on any atom is 0.416 e. The molecule has 9 heteroatoms. The molecule has 5 nitrogen and oxygen atoms in total. The quantitative estimate of drug-likeness (QED) is 0.558. The highest BCUT2D eigenvalue weighted by Crippen LogP contribution is 2.40. The fourth-order valence-electron chi connectivity index (χ4n) is 3.64. The standard InChI is InChI=1S/C20H17F4N3O2/c1-19(29)8-12(9-19)25-18-13-5-3-11(21)7-15(13)17(26-27-18)14-4-2-10(6-16(14)28)20(22,23)24/h2-7,12,28-29H,8-9H2,1H3,(H,25,27)/t12-,19+. The van der Waals surface area contributed by atoms with Crippen molar-refractivity contribution in [3.8, 4) is 17.0 Å². The predicted molar refractivity (Wildman–Crippen MR) is 98.9 cm³/mol. The van der Waals surface area contributed by atoms with Gasteiger partial charge in [-0.25, -0.2) is 4.39 Å². The van der Waals surface area contributed by atoms with E-state index in [9.17, 15) is 27.8 Å². The number of phenols is 1. The Kier molecular flexibility index (Phi) is 4.38. The SMILES string of the molecule is C[C@]1(O)C[C@@H](Nc2nnc(-c3ccc(C(F)(F)F)cc3O)c3cc(F)ccc23)C1. The second-order valence-electron chi connectivity index (χ2n) is 7.56. The molecule has 0 amide bonds. The second kappa shape index (κ2) is 6.55. The van der Waals surface area contributed by atoms with Crippen molar-refractivity contribution >= 4 is 16.6 Å². The molecule has 3 aromatic rings. The molecule has 1 aliphatic carbocycles. The third kappa shape index (κ3) is 3.69. The summed E-state index contributed by atoms with van der Waals surface area (Å²) in [5, 5.41) is 32.1. The molecule has 0 unspecified atom stereocenters. The summed E-state index contributed by atoms with van der Waals surface area (Å²) in [4.78, 5) is 0. The number of halogens is 4. The van der Waals surface area contributed by atoms with E-state index in [1.807, 2.05) is 0 Å². The van der Waals surface area contributed by atoms with E-state index in [2.05, 4.69) is 15.5 Å². The Morgan fingerprint density at radius 1 is 1.07 bits per heavy atom. The highest BCUT2D eigenvalue weighted by atomic mass is 19.4. The molecule has 29 heavy (non-hydrogen) atoms. The Balaban J connectivity index is 1.78. The first-order chi connectivity index (χ1) is 13.5. The number of anilines is 1. The molecule has 4 rings (SSSR count). The minimum absolute atomic E-state index is 0.0132. The lowest BCUT2D eigenvalue weighted by atomic mass is 9.77. The van der Waals surface area contributed by atoms with Crippen molar-refractivity contribution in [2.24, 2.45) is 0 Å². The maximum atomic E-state index is 13.9. The van der Waals surface area contributed by atoms with E-state index in [1.165, 1.54) is 18.2 Å². The van der Waals surface area contributed by atoms with Crippen LogP contribution in [0.5, 0.6) is 5.75 Å². The van der Waals surface area contributed by atoms with Crippen molar-refractivity contribution < 1.29 is 27.8 Å². The number of nitrogens with zero attached hydrogens (tertiary/aromatic N) is 2. The summed E-state index contributed by atoms with van der Waals surface area (Å²) >= 11 is 0. The van der Waals surface area contributed by atoms with Gasteiger partial charge in [0.15, 0.2) is 5.82 Å². The fraction of sp³-hybridized carbons (Fsp3) is 0.300. The molecule has 0 atom stereocenters. The number of alkyl halides is 3. The minimum Gasteiger partial charge on any atom is -0.507 e. The van der Waals surface area contributed by atoms with Crippen molar-refractivity contribution in [3.05, 3.63) is 47.8 Å². The lowest BCUT2D eigenvalue weighted by Gasteiger charge is -2.41. The topological polar surface area (TPSA) is 78.3 Å². The first-order valence-corrected chi connectivity index (χ1v) is 8.89. The Morgan fingerprint density at radius 3 is 2.41 bits per heavy atom. The van der Waals surface area contributed by atoms with Crippen LogP contribution in [-0.2, 0) is 6.18 Å². The van der Waals surface area contributed by atoms with Crippen LogP contribution >= 0.6 is 0 Å². The first-order valence-electron chi connectivity index (χ1n) is 8.89. The van der Waals surface area contributed by atoms with E-state index in [0.717, 1.165) is 12.1 Å². The number of hydrogen-bond acceptors (Lipinski definition) is 5. The fourth-order valence-corrected chi connectivity index (χ4v) is 3.64. The van der Waals surface area contributed by atoms with Crippen LogP contribution in [0.2, 0.25) is 0 Å². The molecular formula is C20H17F4N3O2. The average molecular weight is 407 g/mol. The molecule has 1 fully saturated rings. The molecule has 1 saturated carbocycles. The molecular weight excluding hydrogens is 390 g/mol. The average Bonchev–Trinajstić information content (AvgIpc) is 2.59. The van der Waals surface area contributed by atoms with Gasteiger partial charge in [-0.2, -0.15) is 13.2 Å². The van der Waals surface area contributed by atoms with Crippen molar-refractivity contribution in [2.75, 3.05) is 5.32 Å². The van der Waals surface area contributed by atoms with Crippen LogP contribution in [0.3, 0.4) is 0 Å². The number of aromatic hydroxyl groups is 1. The molecule has 0 saturated heterocycles. The Hall–Kier alpha value is -2.94. The van der Waals surface area contributed by atoms with E-state index in [4.69, 9.17) is 0 Å². The maximum absolute atomic E-state index is 13.9. The van der Waals surface area contributed by atoms with Gasteiger partial charge >= 0.3 is 6.18 Å². The highest BCUT2D eigenvalue weighted by Gasteiger charge is 2.38. The van der Waals surface area contributed by atoms with Crippen LogP contribution in [0.25, 0.3) is 22.0 Å². The summed E-state index contributed by atoms with van der Waals surface area (Å²) in [5.41, 5.74) is -1.67. The zero-order valence-corrected chi connectivity index (χ0v) is 15.3. The molecule has 1 aromatic heterocycles. The van der Waals surface area contributed by atoms with Crippen LogP contribution in [0.15, 0.2) is 36.4 Å². The van der Waals surface area contributed by atoms with Crippen molar-refractivity contribution in [1.82, 2.24) is 10.2 Å². The van der Waals surface area contributed by atoms with E-state index in [1.54, 1.807) is 6.92 Å². The van der Waals surface area contributed by atoms with Crippen molar-refractivity contribution in [2.45, 2.75) is 37.6 Å². The van der Waals surface area contributed by atoms with Gasteiger partial charge in [-0.3, -0.25) is 0 Å². The number of benzene rings is 2. The highest BCUT2D eigenvalue weighted by molar-refractivity contribution is 6.01. The van der Waals surface area contributed by atoms with Gasteiger partial charge in [0, 0.05) is 22.4 Å². The van der Waals surface area contributed by atoms with Gasteiger partial charge in [0.25, 0.3) is 0 Å². The number of rotatable bonds is 3. The van der Waals surface area contributed by atoms with Crippen molar-refractivity contribution in [1.29, 1.82) is 0 Å². The first kappa shape index (κ1) is 19.4. The van der Waals surface area contributed by atoms with Crippen LogP contribution in [0.4, 0.5) is 23.4 Å². The number of nitrogens with one attached hydrogen (secondary N) is 1. The summed E-state index contributed by atoms with van der Waals surface area (Å²) in [6.45, 7) is 1.72. The van der Waals surface area contributed by atoms with Crippen molar-refractivity contribution in [3.63, 3.8) is 0 Å². The lowest BCUT2D eigenvalue weighted by Crippen LogP contribution is -2.48. The predicted octanol–water partition coefficient (Wildman–Crippen LogP) is 4.49. The zero-order valence-electron chi connectivity index (χ0n) is 15.3. The monoisotopic (exact) mass is 407 g/mol. The van der Waals surface area contributed by atoms with Crippen LogP contribution in [-0.4, -0.2) is 32.1 Å². The van der Waals surface area contributed by atoms with Gasteiger partial charge in [0.05, 0.1) is 11.2 Å². The van der Waals surface area contributed by atoms with Crippen LogP contribution < -0.4 is 5.32 Å². The molecule has 152 valence electrons. The smallest absolute Gasteiger partial charge is 0.416 e. The van der Waals surface area contributed by atoms with Gasteiger partial charge in [-0.05, 0) is 56.2 Å². The Morgan fingerprint density at radius 2 is 1.79 bits per heavy atom. The summed E-state index contributed by atoms with van der Waals surface area (Å²) in [6.07, 6.45) is -3.58. The summed E-state index contributed by atoms with van der Waals surface area (Å²) in [6, 6.07) is 6.40. The van der Waals surface area contributed by atoms with Crippen LogP contribution in [0, 0.1) is 5.82 Å². The summed E-state index contributed by atoms with van der Waals surface area (Å²) < 4.78 is 52.5. The van der Waals surface area contributed by atoms with Gasteiger partial charge < -0.3 is 15.5 Å². The number of aromatic nitrogens is 2. The largest absolute Gasteiger partial charge is 0.507 e. The third-order valence-electron chi connectivity index (χ3n) is 5.04. The number of fused-ring (bicyclic) bond motifs is 1. The van der Waals surface area contributed by atoms with E-state index >= 15 is 0 Å². The summed E-state index contributed by atoms with van der Waals surface area (Å²) in [5.74, 6) is -0.818. The molecule has 3 N–H and O–H groups in total. The van der Waals surface area contributed by atoms with Gasteiger partial charge in [-0.15, -0.1) is 10.2 Å². The Bertz CT molecular complexity index is 1090. The summed E-state index contributed by atoms with van der Waals surface area (Å²) in [7, 11) is 0. The van der Waals surface area contributed by atoms with Gasteiger partial charge in [0.2, 0.25) is 0 Å². The molecule has 0 bridgehead atoms. The normalized spacial score (nSPS) is 21.8. The Labute approximate surface area is 163 Å². The molecule has 1 aliphatic rings. The van der Waals surface area contributed by atoms with Gasteiger partial charge in [0.1, 0.15) is 17.3 Å².